The Balaban J connectivity index is 1.87. The Hall–Kier alpha value is -1.59. The van der Waals surface area contributed by atoms with Crippen LogP contribution in [0.1, 0.15) is 24.5 Å². The van der Waals surface area contributed by atoms with E-state index in [1.165, 1.54) is 6.07 Å². The Kier molecular flexibility index (Phi) is 2.72. The molecule has 1 N–H and O–H groups in total. The molecule has 0 aliphatic carbocycles. The highest BCUT2D eigenvalue weighted by Gasteiger charge is 2.49. The molecule has 2 fully saturated rings. The van der Waals surface area contributed by atoms with Crippen molar-refractivity contribution in [3.8, 4) is 5.75 Å². The van der Waals surface area contributed by atoms with E-state index < -0.39 is 17.9 Å². The van der Waals surface area contributed by atoms with Gasteiger partial charge in [-0.2, -0.15) is 0 Å². The third-order valence-corrected chi connectivity index (χ3v) is 3.31. The topological polar surface area (TPSA) is 65.0 Å². The molecule has 0 aromatic heterocycles. The number of carbonyl (C=O) groups is 1. The van der Waals surface area contributed by atoms with Gasteiger partial charge in [-0.1, -0.05) is 18.2 Å². The molecule has 1 unspecified atom stereocenters. The fourth-order valence-electron chi connectivity index (χ4n) is 2.33. The number of phenolic OH excluding ortho intramolecular Hbond substituents is 1. The smallest absolute Gasteiger partial charge is 0.342 e. The van der Waals surface area contributed by atoms with Crippen LogP contribution in [-0.4, -0.2) is 30.1 Å². The Bertz CT molecular complexity index is 464. The van der Waals surface area contributed by atoms with E-state index in [1.807, 2.05) is 0 Å². The summed E-state index contributed by atoms with van der Waals surface area (Å²) in [4.78, 5) is 11.9. The minimum atomic E-state index is -0.873. The van der Waals surface area contributed by atoms with E-state index in [9.17, 15) is 9.90 Å². The van der Waals surface area contributed by atoms with Crippen molar-refractivity contribution in [1.29, 1.82) is 0 Å². The Morgan fingerprint density at radius 3 is 2.67 bits per heavy atom. The monoisotopic (exact) mass is 250 g/mol. The first kappa shape index (κ1) is 11.5. The minimum Gasteiger partial charge on any atom is -0.508 e. The van der Waals surface area contributed by atoms with Crippen LogP contribution < -0.4 is 0 Å². The third kappa shape index (κ3) is 1.85. The van der Waals surface area contributed by atoms with Crippen LogP contribution in [0, 0.1) is 0 Å². The third-order valence-electron chi connectivity index (χ3n) is 3.31. The molecule has 5 nitrogen and oxygen atoms in total. The number of phenols is 1. The molecule has 2 aliphatic rings. The van der Waals surface area contributed by atoms with Crippen molar-refractivity contribution in [2.45, 2.75) is 24.7 Å². The molecule has 1 spiro atoms. The van der Waals surface area contributed by atoms with Crippen molar-refractivity contribution in [3.05, 3.63) is 29.8 Å². The van der Waals surface area contributed by atoms with Gasteiger partial charge in [0.25, 0.3) is 0 Å². The lowest BCUT2D eigenvalue weighted by molar-refractivity contribution is -0.212. The lowest BCUT2D eigenvalue weighted by Gasteiger charge is -2.30. The predicted octanol–water partition coefficient (Wildman–Crippen LogP) is 1.51. The number of esters is 1. The second kappa shape index (κ2) is 4.26. The summed E-state index contributed by atoms with van der Waals surface area (Å²) in [6.45, 7) is 1.03. The fraction of sp³-hybridized carbons (Fsp3) is 0.462. The van der Waals surface area contributed by atoms with Gasteiger partial charge in [0.05, 0.1) is 13.2 Å². The Morgan fingerprint density at radius 1 is 1.22 bits per heavy atom. The van der Waals surface area contributed by atoms with E-state index in [4.69, 9.17) is 14.2 Å². The van der Waals surface area contributed by atoms with E-state index in [1.54, 1.807) is 18.2 Å². The average molecular weight is 250 g/mol. The van der Waals surface area contributed by atoms with Crippen molar-refractivity contribution < 1.29 is 24.1 Å². The maximum absolute atomic E-state index is 11.9. The van der Waals surface area contributed by atoms with Gasteiger partial charge in [0.2, 0.25) is 5.79 Å². The van der Waals surface area contributed by atoms with E-state index in [0.29, 0.717) is 31.6 Å². The standard InChI is InChI=1S/C13H14O5/c14-10-4-2-1-3-9(10)11-12(15)18-13(17-11)5-7-16-8-6-13/h1-4,11,14H,5-8H2. The Morgan fingerprint density at radius 2 is 1.94 bits per heavy atom. The van der Waals surface area contributed by atoms with Crippen molar-refractivity contribution in [2.75, 3.05) is 13.2 Å². The molecule has 5 heteroatoms. The first-order chi connectivity index (χ1) is 8.70. The number of carbonyl (C=O) groups excluding carboxylic acids is 1. The first-order valence-electron chi connectivity index (χ1n) is 5.96. The normalized spacial score (nSPS) is 26.2. The van der Waals surface area contributed by atoms with Gasteiger partial charge >= 0.3 is 5.97 Å². The molecule has 2 aliphatic heterocycles. The summed E-state index contributed by atoms with van der Waals surface area (Å²) in [6, 6.07) is 6.64. The fourth-order valence-corrected chi connectivity index (χ4v) is 2.33. The highest BCUT2D eigenvalue weighted by molar-refractivity contribution is 5.79. The molecule has 0 amide bonds. The Labute approximate surface area is 104 Å². The molecule has 1 atom stereocenters. The number of rotatable bonds is 1. The highest BCUT2D eigenvalue weighted by atomic mass is 16.8. The van der Waals surface area contributed by atoms with Crippen molar-refractivity contribution in [2.24, 2.45) is 0 Å². The number of aromatic hydroxyl groups is 1. The van der Waals surface area contributed by atoms with E-state index in [-0.39, 0.29) is 5.75 Å². The van der Waals surface area contributed by atoms with E-state index in [0.717, 1.165) is 0 Å². The zero-order chi connectivity index (χ0) is 12.6. The average Bonchev–Trinajstić information content (AvgIpc) is 2.67. The molecule has 0 radical (unpaired) electrons. The molecule has 2 heterocycles. The molecule has 2 saturated heterocycles. The minimum absolute atomic E-state index is 0.0450. The predicted molar refractivity (Wildman–Crippen MR) is 60.8 cm³/mol. The van der Waals surface area contributed by atoms with Crippen LogP contribution in [-0.2, 0) is 19.0 Å². The van der Waals surface area contributed by atoms with Gasteiger partial charge in [0, 0.05) is 18.4 Å². The summed E-state index contributed by atoms with van der Waals surface area (Å²) in [5.41, 5.74) is 0.450. The second-order valence-electron chi connectivity index (χ2n) is 4.50. The maximum atomic E-state index is 11.9. The summed E-state index contributed by atoms with van der Waals surface area (Å²) in [5.74, 6) is -1.27. The van der Waals surface area contributed by atoms with Crippen molar-refractivity contribution in [1.82, 2.24) is 0 Å². The summed E-state index contributed by atoms with van der Waals surface area (Å²) in [7, 11) is 0. The van der Waals surface area contributed by atoms with Gasteiger partial charge in [-0.3, -0.25) is 0 Å². The van der Waals surface area contributed by atoms with Crippen LogP contribution in [0.3, 0.4) is 0 Å². The molecule has 1 aromatic carbocycles. The molecule has 3 rings (SSSR count). The van der Waals surface area contributed by atoms with Gasteiger partial charge in [0.1, 0.15) is 5.75 Å². The van der Waals surface area contributed by atoms with Crippen LogP contribution in [0.2, 0.25) is 0 Å². The maximum Gasteiger partial charge on any atom is 0.342 e. The van der Waals surface area contributed by atoms with Crippen LogP contribution in [0.5, 0.6) is 5.75 Å². The lowest BCUT2D eigenvalue weighted by Crippen LogP contribution is -2.37. The summed E-state index contributed by atoms with van der Waals surface area (Å²) in [5, 5.41) is 9.76. The van der Waals surface area contributed by atoms with Gasteiger partial charge in [0.15, 0.2) is 6.10 Å². The molecular weight excluding hydrogens is 236 g/mol. The number of benzene rings is 1. The van der Waals surface area contributed by atoms with Crippen molar-refractivity contribution >= 4 is 5.97 Å². The van der Waals surface area contributed by atoms with Crippen LogP contribution in [0.4, 0.5) is 0 Å². The summed E-state index contributed by atoms with van der Waals surface area (Å²) < 4.78 is 16.4. The number of ether oxygens (including phenoxy) is 3. The molecule has 96 valence electrons. The molecule has 0 bridgehead atoms. The van der Waals surface area contributed by atoms with Crippen LogP contribution in [0.25, 0.3) is 0 Å². The quantitative estimate of drug-likeness (QED) is 0.765. The second-order valence-corrected chi connectivity index (χ2v) is 4.50. The van der Waals surface area contributed by atoms with Gasteiger partial charge in [-0.15, -0.1) is 0 Å². The molecule has 1 aromatic rings. The van der Waals surface area contributed by atoms with Gasteiger partial charge in [-0.05, 0) is 6.07 Å². The summed E-state index contributed by atoms with van der Waals surface area (Å²) in [6.07, 6.45) is 0.218. The SMILES string of the molecule is O=C1OC2(CCOCC2)OC1c1ccccc1O. The number of para-hydroxylation sites is 1. The number of hydrogen-bond donors (Lipinski definition) is 1. The molecular formula is C13H14O5. The zero-order valence-electron chi connectivity index (χ0n) is 9.80. The highest BCUT2D eigenvalue weighted by Crippen LogP contribution is 2.42. The van der Waals surface area contributed by atoms with Crippen LogP contribution in [0.15, 0.2) is 24.3 Å². The lowest BCUT2D eigenvalue weighted by atomic mass is 10.1. The first-order valence-corrected chi connectivity index (χ1v) is 5.96. The largest absolute Gasteiger partial charge is 0.508 e. The molecule has 18 heavy (non-hydrogen) atoms. The molecule has 0 saturated carbocycles. The van der Waals surface area contributed by atoms with Crippen molar-refractivity contribution in [3.63, 3.8) is 0 Å². The number of hydrogen-bond acceptors (Lipinski definition) is 5. The summed E-state index contributed by atoms with van der Waals surface area (Å²) >= 11 is 0. The van der Waals surface area contributed by atoms with E-state index >= 15 is 0 Å². The van der Waals surface area contributed by atoms with Gasteiger partial charge in [-0.25, -0.2) is 4.79 Å². The van der Waals surface area contributed by atoms with Crippen LogP contribution >= 0.6 is 0 Å². The zero-order valence-corrected chi connectivity index (χ0v) is 9.80. The van der Waals surface area contributed by atoms with Gasteiger partial charge < -0.3 is 19.3 Å². The van der Waals surface area contributed by atoms with E-state index in [2.05, 4.69) is 0 Å².